The molecule has 0 heterocycles. The van der Waals surface area contributed by atoms with Crippen molar-refractivity contribution >= 4 is 29.5 Å². The summed E-state index contributed by atoms with van der Waals surface area (Å²) in [5.74, 6) is -3.75. The maximum Gasteiger partial charge on any atom is 0.338 e. The number of methoxy groups -OCH3 is 3. The molecule has 3 aliphatic carbocycles. The number of nitrogens with zero attached hydrogens (tertiary/aromatic N) is 1. The van der Waals surface area contributed by atoms with E-state index in [4.69, 9.17) is 28.4 Å². The van der Waals surface area contributed by atoms with Crippen molar-refractivity contribution < 1.29 is 52.4 Å². The second-order valence-corrected chi connectivity index (χ2v) is 13.1. The first kappa shape index (κ1) is 39.4. The number of ketones is 1. The van der Waals surface area contributed by atoms with Crippen LogP contribution < -0.4 is 24.3 Å². The van der Waals surface area contributed by atoms with Gasteiger partial charge in [-0.3, -0.25) is 19.2 Å². The molecule has 4 unspecified atom stereocenters. The Balaban J connectivity index is 1.33. The monoisotopic (exact) mass is 742 g/mol. The van der Waals surface area contributed by atoms with E-state index in [2.05, 4.69) is 11.9 Å². The van der Waals surface area contributed by atoms with Crippen molar-refractivity contribution in [2.75, 3.05) is 48.1 Å². The van der Waals surface area contributed by atoms with Gasteiger partial charge in [0.1, 0.15) is 42.0 Å². The van der Waals surface area contributed by atoms with Gasteiger partial charge >= 0.3 is 11.9 Å². The molecule has 286 valence electrons. The van der Waals surface area contributed by atoms with Crippen molar-refractivity contribution in [2.45, 2.75) is 44.8 Å². The molecule has 2 bridgehead atoms. The molecule has 54 heavy (non-hydrogen) atoms. The van der Waals surface area contributed by atoms with Crippen LogP contribution in [0.5, 0.6) is 23.0 Å². The molecule has 13 heteroatoms. The molecule has 3 aliphatic rings. The van der Waals surface area contributed by atoms with Crippen LogP contribution in [0.2, 0.25) is 0 Å². The summed E-state index contributed by atoms with van der Waals surface area (Å²) in [6.45, 7) is 5.59. The van der Waals surface area contributed by atoms with Gasteiger partial charge in [0, 0.05) is 31.5 Å². The standard InChI is InChI=1S/C41H46N2O11/c1-7-15-52-40(47)25-11-9-24(10-12-25)23-54-26-13-14-28-29(17-26)36-32(44)20-30(28)37(38(36)41(48)53-16-8-2)39(46)43(3)22-35(45)42-21-31-33(50-5)18-27(49-4)19-34(31)51-6/h7,9-14,17-19,30,36-38H,1,8,15-16,20-23H2,2-6H3,(H,42,45). The minimum absolute atomic E-state index is 0.0552. The minimum atomic E-state index is -1.08. The Morgan fingerprint density at radius 3 is 2.22 bits per heavy atom. The van der Waals surface area contributed by atoms with E-state index < -0.39 is 47.4 Å². The predicted octanol–water partition coefficient (Wildman–Crippen LogP) is 4.75. The number of rotatable bonds is 17. The lowest BCUT2D eigenvalue weighted by Gasteiger charge is -2.47. The van der Waals surface area contributed by atoms with Crippen LogP contribution in [0.15, 0.2) is 67.3 Å². The van der Waals surface area contributed by atoms with E-state index in [-0.39, 0.29) is 45.1 Å². The highest BCUT2D eigenvalue weighted by Gasteiger charge is 2.57. The maximum atomic E-state index is 14.2. The summed E-state index contributed by atoms with van der Waals surface area (Å²) >= 11 is 0. The molecule has 3 aromatic rings. The number of amides is 2. The molecule has 2 amide bonds. The molecule has 1 N–H and O–H groups in total. The summed E-state index contributed by atoms with van der Waals surface area (Å²) in [6, 6.07) is 15.5. The lowest BCUT2D eigenvalue weighted by Crippen LogP contribution is -2.54. The van der Waals surface area contributed by atoms with Gasteiger partial charge < -0.3 is 38.6 Å². The zero-order valence-electron chi connectivity index (χ0n) is 31.2. The number of hydrogen-bond acceptors (Lipinski definition) is 11. The number of fused-ring (bicyclic) bond motifs is 2. The first-order valence-corrected chi connectivity index (χ1v) is 17.7. The Labute approximate surface area is 314 Å². The Hall–Kier alpha value is -5.85. The summed E-state index contributed by atoms with van der Waals surface area (Å²) in [5, 5.41) is 2.82. The maximum absolute atomic E-state index is 14.2. The van der Waals surface area contributed by atoms with Crippen LogP contribution in [0.3, 0.4) is 0 Å². The van der Waals surface area contributed by atoms with Crippen LogP contribution in [0.4, 0.5) is 0 Å². The third kappa shape index (κ3) is 8.51. The first-order valence-electron chi connectivity index (χ1n) is 17.7. The highest BCUT2D eigenvalue weighted by molar-refractivity contribution is 6.00. The quantitative estimate of drug-likeness (QED) is 0.151. The van der Waals surface area contributed by atoms with Crippen molar-refractivity contribution in [2.24, 2.45) is 11.8 Å². The molecular formula is C41H46N2O11. The van der Waals surface area contributed by atoms with Gasteiger partial charge in [0.25, 0.3) is 0 Å². The molecule has 6 rings (SSSR count). The van der Waals surface area contributed by atoms with Crippen LogP contribution in [-0.4, -0.2) is 82.6 Å². The van der Waals surface area contributed by atoms with E-state index in [9.17, 15) is 24.0 Å². The van der Waals surface area contributed by atoms with E-state index in [0.717, 1.165) is 11.1 Å². The van der Waals surface area contributed by atoms with Gasteiger partial charge in [0.15, 0.2) is 0 Å². The number of Topliss-reactive ketones (excluding diaryl/α,β-unsaturated/α-hetero) is 1. The van der Waals surface area contributed by atoms with Crippen LogP contribution in [0.1, 0.15) is 64.2 Å². The zero-order chi connectivity index (χ0) is 38.9. The molecule has 0 aliphatic heterocycles. The number of ether oxygens (including phenoxy) is 6. The summed E-state index contributed by atoms with van der Waals surface area (Å²) in [6.07, 6.45) is 2.13. The Kier molecular flexibility index (Phi) is 13.0. The average molecular weight is 743 g/mol. The lowest BCUT2D eigenvalue weighted by molar-refractivity contribution is -0.162. The number of carbonyl (C=O) groups excluding carboxylic acids is 5. The topological polar surface area (TPSA) is 156 Å². The molecule has 3 aromatic carbocycles. The van der Waals surface area contributed by atoms with E-state index in [0.29, 0.717) is 46.1 Å². The highest BCUT2D eigenvalue weighted by Crippen LogP contribution is 2.55. The van der Waals surface area contributed by atoms with Gasteiger partial charge in [-0.2, -0.15) is 0 Å². The molecule has 4 atom stereocenters. The fourth-order valence-electron chi connectivity index (χ4n) is 7.12. The van der Waals surface area contributed by atoms with Gasteiger partial charge in [-0.25, -0.2) is 4.79 Å². The van der Waals surface area contributed by atoms with Gasteiger partial charge in [0.05, 0.1) is 69.9 Å². The van der Waals surface area contributed by atoms with E-state index in [1.807, 2.05) is 13.0 Å². The molecule has 0 aromatic heterocycles. The number of nitrogens with one attached hydrogen (secondary N) is 1. The summed E-state index contributed by atoms with van der Waals surface area (Å²) < 4.78 is 33.0. The lowest BCUT2D eigenvalue weighted by atomic mass is 9.55. The molecule has 0 radical (unpaired) electrons. The summed E-state index contributed by atoms with van der Waals surface area (Å²) in [7, 11) is 6.02. The van der Waals surface area contributed by atoms with Gasteiger partial charge in [-0.05, 0) is 47.4 Å². The molecule has 0 spiro atoms. The minimum Gasteiger partial charge on any atom is -0.496 e. The molecule has 1 fully saturated rings. The number of esters is 2. The SMILES string of the molecule is C=CCOC(=O)c1ccc(COc2ccc3c(c2)C2C(=O)CC3C(C(=O)N(C)CC(=O)NCc3c(OC)cc(OC)cc3OC)C2C(=O)OCCC)cc1. The number of hydrogen-bond donors (Lipinski definition) is 1. The molecular weight excluding hydrogens is 696 g/mol. The van der Waals surface area contributed by atoms with Crippen LogP contribution in [0.25, 0.3) is 0 Å². The first-order chi connectivity index (χ1) is 26.0. The largest absolute Gasteiger partial charge is 0.496 e. The summed E-state index contributed by atoms with van der Waals surface area (Å²) in [4.78, 5) is 68.1. The van der Waals surface area contributed by atoms with E-state index in [1.165, 1.54) is 39.4 Å². The molecule has 0 saturated heterocycles. The number of benzene rings is 3. The predicted molar refractivity (Wildman–Crippen MR) is 197 cm³/mol. The smallest absolute Gasteiger partial charge is 0.338 e. The second kappa shape index (κ2) is 17.8. The normalized spacial score (nSPS) is 18.1. The zero-order valence-corrected chi connectivity index (χ0v) is 31.2. The van der Waals surface area contributed by atoms with Crippen molar-refractivity contribution in [1.82, 2.24) is 10.2 Å². The van der Waals surface area contributed by atoms with E-state index >= 15 is 0 Å². The van der Waals surface area contributed by atoms with E-state index in [1.54, 1.807) is 48.5 Å². The molecule has 13 nitrogen and oxygen atoms in total. The van der Waals surface area contributed by atoms with Crippen molar-refractivity contribution in [3.8, 4) is 23.0 Å². The van der Waals surface area contributed by atoms with Crippen LogP contribution >= 0.6 is 0 Å². The Morgan fingerprint density at radius 2 is 1.59 bits per heavy atom. The third-order valence-corrected chi connectivity index (χ3v) is 9.71. The van der Waals surface area contributed by atoms with Crippen LogP contribution in [0, 0.1) is 11.8 Å². The van der Waals surface area contributed by atoms with Crippen molar-refractivity contribution in [3.05, 3.63) is 95.1 Å². The average Bonchev–Trinajstić information content (AvgIpc) is 3.19. The number of carbonyl (C=O) groups is 5. The van der Waals surface area contributed by atoms with Crippen molar-refractivity contribution in [1.29, 1.82) is 0 Å². The number of likely N-dealkylation sites (N-methyl/N-ethyl adjacent to an activating group) is 1. The van der Waals surface area contributed by atoms with Crippen LogP contribution in [-0.2, 0) is 41.8 Å². The fraction of sp³-hybridized carbons (Fsp3) is 0.390. The second-order valence-electron chi connectivity index (χ2n) is 13.1. The summed E-state index contributed by atoms with van der Waals surface area (Å²) in [5.41, 5.74) is 3.19. The third-order valence-electron chi connectivity index (χ3n) is 9.71. The van der Waals surface area contributed by atoms with Gasteiger partial charge in [-0.15, -0.1) is 0 Å². The fourth-order valence-corrected chi connectivity index (χ4v) is 7.12. The van der Waals surface area contributed by atoms with Gasteiger partial charge in [0.2, 0.25) is 11.8 Å². The van der Waals surface area contributed by atoms with Gasteiger partial charge in [-0.1, -0.05) is 37.8 Å². The molecule has 1 saturated carbocycles. The Morgan fingerprint density at radius 1 is 0.889 bits per heavy atom. The highest BCUT2D eigenvalue weighted by atomic mass is 16.5. The van der Waals surface area contributed by atoms with Crippen molar-refractivity contribution in [3.63, 3.8) is 0 Å². The Bertz CT molecular complexity index is 1860.